The molecule has 6 heteroatoms. The monoisotopic (exact) mass is 621 g/mol. The van der Waals surface area contributed by atoms with Crippen molar-refractivity contribution in [2.75, 3.05) is 13.2 Å². The van der Waals surface area contributed by atoms with Crippen LogP contribution in [-0.2, 0) is 28.5 Å². The lowest BCUT2D eigenvalue weighted by Gasteiger charge is -2.26. The molecular formula is C38H68O6. The van der Waals surface area contributed by atoms with Crippen molar-refractivity contribution in [3.8, 4) is 0 Å². The molecule has 0 saturated heterocycles. The van der Waals surface area contributed by atoms with Gasteiger partial charge in [0.25, 0.3) is 0 Å². The van der Waals surface area contributed by atoms with Gasteiger partial charge in [0.15, 0.2) is 24.1 Å². The van der Waals surface area contributed by atoms with E-state index in [0.717, 1.165) is 25.7 Å². The van der Waals surface area contributed by atoms with E-state index in [9.17, 15) is 9.59 Å². The summed E-state index contributed by atoms with van der Waals surface area (Å²) in [5.74, 6) is 1.04. The van der Waals surface area contributed by atoms with Crippen molar-refractivity contribution in [1.29, 1.82) is 0 Å². The van der Waals surface area contributed by atoms with Gasteiger partial charge in [-0.05, 0) is 61.8 Å². The Morgan fingerprint density at radius 2 is 0.864 bits per heavy atom. The Morgan fingerprint density at radius 1 is 0.545 bits per heavy atom. The van der Waals surface area contributed by atoms with E-state index in [1.54, 1.807) is 24.3 Å². The molecule has 0 aliphatic carbocycles. The molecule has 2 aliphatic heterocycles. The molecule has 0 aromatic carbocycles. The molecule has 0 aromatic rings. The van der Waals surface area contributed by atoms with Gasteiger partial charge in [0.05, 0.1) is 13.2 Å². The molecule has 6 nitrogen and oxygen atoms in total. The second-order valence-corrected chi connectivity index (χ2v) is 13.5. The molecule has 0 spiro atoms. The topological polar surface area (TPSA) is 71.1 Å². The number of carbonyl (C=O) groups excluding carboxylic acids is 2. The molecule has 0 aromatic heterocycles. The predicted octanol–water partition coefficient (Wildman–Crippen LogP) is 10.1. The number of carbonyl (C=O) groups is 2. The highest BCUT2D eigenvalue weighted by atomic mass is 16.7. The van der Waals surface area contributed by atoms with Crippen LogP contribution in [0, 0.1) is 11.8 Å². The molecule has 2 aliphatic rings. The molecule has 2 rings (SSSR count). The first-order valence-corrected chi connectivity index (χ1v) is 18.2. The molecule has 4 unspecified atom stereocenters. The highest BCUT2D eigenvalue weighted by Gasteiger charge is 2.27. The van der Waals surface area contributed by atoms with Crippen LogP contribution >= 0.6 is 0 Å². The van der Waals surface area contributed by atoms with Crippen molar-refractivity contribution in [2.24, 2.45) is 11.8 Å². The van der Waals surface area contributed by atoms with E-state index in [2.05, 4.69) is 41.5 Å². The van der Waals surface area contributed by atoms with Crippen LogP contribution in [-0.4, -0.2) is 49.6 Å². The normalized spacial score (nSPS) is 21.7. The van der Waals surface area contributed by atoms with Crippen LogP contribution in [0.2, 0.25) is 0 Å². The van der Waals surface area contributed by atoms with Crippen LogP contribution in [0.1, 0.15) is 157 Å². The summed E-state index contributed by atoms with van der Waals surface area (Å²) < 4.78 is 22.9. The summed E-state index contributed by atoms with van der Waals surface area (Å²) in [6, 6.07) is 0. The van der Waals surface area contributed by atoms with E-state index in [-0.39, 0.29) is 36.4 Å². The second-order valence-electron chi connectivity index (χ2n) is 13.5. The Kier molecular flexibility index (Phi) is 24.8. The van der Waals surface area contributed by atoms with Crippen molar-refractivity contribution in [3.63, 3.8) is 0 Å². The summed E-state index contributed by atoms with van der Waals surface area (Å²) in [7, 11) is 0. The zero-order valence-electron chi connectivity index (χ0n) is 29.4. The van der Waals surface area contributed by atoms with Gasteiger partial charge in [-0.3, -0.25) is 9.59 Å². The Bertz CT molecular complexity index is 773. The molecule has 0 N–H and O–H groups in total. The summed E-state index contributed by atoms with van der Waals surface area (Å²) in [5, 5.41) is 0. The Labute approximate surface area is 271 Å². The maximum Gasteiger partial charge on any atom is 0.184 e. The maximum atomic E-state index is 11.8. The lowest BCUT2D eigenvalue weighted by molar-refractivity contribution is -0.165. The number of rotatable bonds is 24. The first-order chi connectivity index (χ1) is 21.3. The molecule has 4 atom stereocenters. The molecule has 2 heterocycles. The molecule has 0 radical (unpaired) electrons. The zero-order valence-corrected chi connectivity index (χ0v) is 29.4. The fourth-order valence-electron chi connectivity index (χ4n) is 5.37. The smallest absolute Gasteiger partial charge is 0.184 e. The van der Waals surface area contributed by atoms with Gasteiger partial charge in [0.2, 0.25) is 0 Å². The predicted molar refractivity (Wildman–Crippen MR) is 182 cm³/mol. The number of hydrogen-bond donors (Lipinski definition) is 0. The largest absolute Gasteiger partial charge is 0.349 e. The molecule has 0 fully saturated rings. The van der Waals surface area contributed by atoms with Crippen LogP contribution in [0.3, 0.4) is 0 Å². The van der Waals surface area contributed by atoms with Crippen molar-refractivity contribution in [1.82, 2.24) is 0 Å². The van der Waals surface area contributed by atoms with E-state index in [0.29, 0.717) is 25.0 Å². The lowest BCUT2D eigenvalue weighted by Crippen LogP contribution is -2.34. The number of ketones is 2. The van der Waals surface area contributed by atoms with E-state index in [4.69, 9.17) is 18.9 Å². The maximum absolute atomic E-state index is 11.8. The van der Waals surface area contributed by atoms with Crippen molar-refractivity contribution in [3.05, 3.63) is 24.3 Å². The average molecular weight is 621 g/mol. The fourth-order valence-corrected chi connectivity index (χ4v) is 5.37. The second kappa shape index (κ2) is 26.8. The van der Waals surface area contributed by atoms with Crippen LogP contribution in [0.15, 0.2) is 24.3 Å². The minimum absolute atomic E-state index is 0.0677. The Balaban J connectivity index is 0.000000447. The summed E-state index contributed by atoms with van der Waals surface area (Å²) in [6.07, 6.45) is 27.6. The molecule has 0 saturated carbocycles. The summed E-state index contributed by atoms with van der Waals surface area (Å²) in [4.78, 5) is 23.5. The van der Waals surface area contributed by atoms with Gasteiger partial charge in [-0.15, -0.1) is 0 Å². The van der Waals surface area contributed by atoms with Gasteiger partial charge in [-0.1, -0.05) is 131 Å². The fraction of sp³-hybridized carbons (Fsp3) is 0.842. The van der Waals surface area contributed by atoms with Gasteiger partial charge >= 0.3 is 0 Å². The van der Waals surface area contributed by atoms with Crippen molar-refractivity contribution >= 4 is 11.6 Å². The van der Waals surface area contributed by atoms with Crippen molar-refractivity contribution in [2.45, 2.75) is 182 Å². The summed E-state index contributed by atoms with van der Waals surface area (Å²) in [6.45, 7) is 14.3. The molecule has 256 valence electrons. The quantitative estimate of drug-likeness (QED) is 0.100. The summed E-state index contributed by atoms with van der Waals surface area (Å²) in [5.41, 5.74) is 0. The van der Waals surface area contributed by atoms with Crippen LogP contribution in [0.25, 0.3) is 0 Å². The average Bonchev–Trinajstić information content (AvgIpc) is 2.98. The van der Waals surface area contributed by atoms with E-state index >= 15 is 0 Å². The zero-order chi connectivity index (χ0) is 32.4. The highest BCUT2D eigenvalue weighted by molar-refractivity contribution is 5.94. The first kappa shape index (κ1) is 40.7. The van der Waals surface area contributed by atoms with E-state index in [1.165, 1.54) is 89.9 Å². The molecule has 0 amide bonds. The minimum atomic E-state index is -0.343. The van der Waals surface area contributed by atoms with Gasteiger partial charge in [0.1, 0.15) is 12.2 Å². The molecule has 44 heavy (non-hydrogen) atoms. The van der Waals surface area contributed by atoms with Gasteiger partial charge < -0.3 is 18.9 Å². The number of unbranched alkanes of at least 4 members (excludes halogenated alkanes) is 14. The first-order valence-electron chi connectivity index (χ1n) is 18.2. The third-order valence-corrected chi connectivity index (χ3v) is 8.00. The Hall–Kier alpha value is -1.34. The van der Waals surface area contributed by atoms with Crippen LogP contribution in [0.4, 0.5) is 0 Å². The van der Waals surface area contributed by atoms with Crippen LogP contribution in [0.5, 0.6) is 0 Å². The Morgan fingerprint density at radius 3 is 1.18 bits per heavy atom. The van der Waals surface area contributed by atoms with Gasteiger partial charge in [-0.25, -0.2) is 0 Å². The molecule has 0 bridgehead atoms. The SMILES string of the molecule is CCCCCCCCCCCCOC1C=CC(=O)C(CC(C)C)O1.CCCCCCCCOC1C=CC(=O)C(CC(C)C)O1. The number of hydrogen-bond acceptors (Lipinski definition) is 6. The van der Waals surface area contributed by atoms with E-state index in [1.807, 2.05) is 0 Å². The van der Waals surface area contributed by atoms with Crippen LogP contribution < -0.4 is 0 Å². The van der Waals surface area contributed by atoms with E-state index < -0.39 is 0 Å². The third-order valence-electron chi connectivity index (χ3n) is 8.00. The van der Waals surface area contributed by atoms with Crippen molar-refractivity contribution < 1.29 is 28.5 Å². The minimum Gasteiger partial charge on any atom is -0.349 e. The third kappa shape index (κ3) is 21.4. The van der Waals surface area contributed by atoms with Gasteiger partial charge in [-0.2, -0.15) is 0 Å². The molecular weight excluding hydrogens is 552 g/mol. The highest BCUT2D eigenvalue weighted by Crippen LogP contribution is 2.19. The summed E-state index contributed by atoms with van der Waals surface area (Å²) >= 11 is 0. The number of ether oxygens (including phenoxy) is 4. The lowest BCUT2D eigenvalue weighted by atomic mass is 10.0. The standard InChI is InChI=1S/C21H38O3.C17H30O3/c1-4-5-6-7-8-9-10-11-12-13-16-23-21-15-14-19(22)20(24-21)17-18(2)3;1-4-5-6-7-8-9-12-19-17-11-10-15(18)16(20-17)13-14(2)3/h14-15,18,20-21H,4-13,16-17H2,1-3H3;10-11,14,16-17H,4-9,12-13H2,1-3H3. The van der Waals surface area contributed by atoms with Gasteiger partial charge in [0, 0.05) is 0 Å².